The van der Waals surface area contributed by atoms with Crippen molar-refractivity contribution in [1.82, 2.24) is 10.3 Å². The molecule has 0 spiro atoms. The van der Waals surface area contributed by atoms with Crippen LogP contribution >= 0.6 is 0 Å². The van der Waals surface area contributed by atoms with Crippen molar-refractivity contribution < 1.29 is 0 Å². The lowest BCUT2D eigenvalue weighted by Crippen LogP contribution is -2.46. The fourth-order valence-electron chi connectivity index (χ4n) is 0.406. The Morgan fingerprint density at radius 2 is 2.43 bits per heavy atom. The molecular formula is C3H8N4. The Morgan fingerprint density at radius 3 is 2.57 bits per heavy atom. The highest BCUT2D eigenvalue weighted by Gasteiger charge is 2.06. The fraction of sp³-hybridized carbons (Fsp3) is 0.333. The molecule has 40 valence electrons. The molecule has 1 rings (SSSR count). The SMILES string of the molecule is NC1NC=CN1N. The van der Waals surface area contributed by atoms with Crippen LogP contribution in [-0.4, -0.2) is 11.3 Å². The summed E-state index contributed by atoms with van der Waals surface area (Å²) in [5.74, 6) is 5.24. The van der Waals surface area contributed by atoms with E-state index in [4.69, 9.17) is 11.6 Å². The summed E-state index contributed by atoms with van der Waals surface area (Å²) in [6.45, 7) is 0. The average molecular weight is 100 g/mol. The van der Waals surface area contributed by atoms with Gasteiger partial charge in [0.1, 0.15) is 0 Å². The number of hydrazine groups is 1. The molecule has 0 saturated heterocycles. The third kappa shape index (κ3) is 0.652. The minimum atomic E-state index is -0.236. The first kappa shape index (κ1) is 4.42. The van der Waals surface area contributed by atoms with Crippen LogP contribution in [-0.2, 0) is 0 Å². The van der Waals surface area contributed by atoms with Gasteiger partial charge in [0.15, 0.2) is 6.29 Å². The van der Waals surface area contributed by atoms with Gasteiger partial charge in [-0.3, -0.25) is 10.7 Å². The molecule has 0 bridgehead atoms. The second-order valence-corrected chi connectivity index (χ2v) is 1.37. The van der Waals surface area contributed by atoms with Gasteiger partial charge in [0.2, 0.25) is 0 Å². The van der Waals surface area contributed by atoms with Gasteiger partial charge in [0.25, 0.3) is 0 Å². The van der Waals surface area contributed by atoms with Crippen LogP contribution in [0.1, 0.15) is 0 Å². The Balaban J connectivity index is 2.45. The average Bonchev–Trinajstić information content (AvgIpc) is 1.91. The van der Waals surface area contributed by atoms with Gasteiger partial charge < -0.3 is 5.32 Å². The lowest BCUT2D eigenvalue weighted by atomic mass is 10.9. The predicted octanol–water partition coefficient (Wildman–Crippen LogP) is -1.52. The van der Waals surface area contributed by atoms with E-state index in [1.807, 2.05) is 0 Å². The third-order valence-corrected chi connectivity index (χ3v) is 0.835. The van der Waals surface area contributed by atoms with Crippen molar-refractivity contribution in [3.63, 3.8) is 0 Å². The normalized spacial score (nSPS) is 28.3. The second-order valence-electron chi connectivity index (χ2n) is 1.37. The monoisotopic (exact) mass is 100 g/mol. The van der Waals surface area contributed by atoms with Crippen molar-refractivity contribution in [2.75, 3.05) is 0 Å². The standard InChI is InChI=1S/C3H8N4/c4-3-6-1-2-7(3)5/h1-3,6H,4-5H2. The van der Waals surface area contributed by atoms with E-state index in [1.54, 1.807) is 12.4 Å². The summed E-state index contributed by atoms with van der Waals surface area (Å²) in [7, 11) is 0. The number of hydrogen-bond donors (Lipinski definition) is 3. The van der Waals surface area contributed by atoms with E-state index in [-0.39, 0.29) is 6.29 Å². The molecule has 5 N–H and O–H groups in total. The molecule has 7 heavy (non-hydrogen) atoms. The zero-order valence-corrected chi connectivity index (χ0v) is 3.83. The lowest BCUT2D eigenvalue weighted by molar-refractivity contribution is 0.295. The van der Waals surface area contributed by atoms with E-state index < -0.39 is 0 Å². The van der Waals surface area contributed by atoms with Crippen LogP contribution in [0.15, 0.2) is 12.4 Å². The maximum Gasteiger partial charge on any atom is 0.165 e. The molecule has 1 atom stereocenters. The summed E-state index contributed by atoms with van der Waals surface area (Å²) in [6.07, 6.45) is 3.13. The van der Waals surface area contributed by atoms with Crippen LogP contribution in [0, 0.1) is 0 Å². The summed E-state index contributed by atoms with van der Waals surface area (Å²) in [6, 6.07) is 0. The van der Waals surface area contributed by atoms with Crippen molar-refractivity contribution in [2.45, 2.75) is 6.29 Å². The van der Waals surface area contributed by atoms with Crippen molar-refractivity contribution in [2.24, 2.45) is 11.6 Å². The Morgan fingerprint density at radius 1 is 1.71 bits per heavy atom. The summed E-state index contributed by atoms with van der Waals surface area (Å²) < 4.78 is 0. The second kappa shape index (κ2) is 1.40. The number of nitrogens with zero attached hydrogens (tertiary/aromatic N) is 1. The number of nitrogens with two attached hydrogens (primary N) is 2. The van der Waals surface area contributed by atoms with Gasteiger partial charge >= 0.3 is 0 Å². The molecule has 0 aromatic rings. The van der Waals surface area contributed by atoms with Gasteiger partial charge in [0.05, 0.1) is 0 Å². The Hall–Kier alpha value is -0.740. The fourth-order valence-corrected chi connectivity index (χ4v) is 0.406. The maximum atomic E-state index is 5.31. The van der Waals surface area contributed by atoms with Crippen LogP contribution in [0.3, 0.4) is 0 Å². The highest BCUT2D eigenvalue weighted by molar-refractivity contribution is 4.87. The molecule has 0 saturated carbocycles. The largest absolute Gasteiger partial charge is 0.357 e. The van der Waals surface area contributed by atoms with Gasteiger partial charge in [-0.25, -0.2) is 5.84 Å². The molecule has 4 heteroatoms. The maximum absolute atomic E-state index is 5.31. The van der Waals surface area contributed by atoms with E-state index >= 15 is 0 Å². The molecule has 1 aliphatic heterocycles. The van der Waals surface area contributed by atoms with Gasteiger partial charge in [-0.05, 0) is 0 Å². The molecule has 0 radical (unpaired) electrons. The van der Waals surface area contributed by atoms with E-state index in [0.29, 0.717) is 0 Å². The zero-order valence-electron chi connectivity index (χ0n) is 3.83. The summed E-state index contributed by atoms with van der Waals surface area (Å²) in [5.41, 5.74) is 5.31. The first-order chi connectivity index (χ1) is 3.30. The van der Waals surface area contributed by atoms with Gasteiger partial charge in [-0.2, -0.15) is 0 Å². The molecule has 1 aliphatic rings. The topological polar surface area (TPSA) is 67.3 Å². The molecule has 1 unspecified atom stereocenters. The summed E-state index contributed by atoms with van der Waals surface area (Å²) >= 11 is 0. The van der Waals surface area contributed by atoms with Crippen molar-refractivity contribution in [3.8, 4) is 0 Å². The Kier molecular flexibility index (Phi) is 0.883. The van der Waals surface area contributed by atoms with Gasteiger partial charge in [0, 0.05) is 12.4 Å². The third-order valence-electron chi connectivity index (χ3n) is 0.835. The molecule has 1 heterocycles. The molecule has 0 amide bonds. The van der Waals surface area contributed by atoms with E-state index in [9.17, 15) is 0 Å². The molecular weight excluding hydrogens is 92.1 g/mol. The van der Waals surface area contributed by atoms with Crippen LogP contribution in [0.25, 0.3) is 0 Å². The lowest BCUT2D eigenvalue weighted by Gasteiger charge is -2.13. The molecule has 0 aromatic heterocycles. The van der Waals surface area contributed by atoms with Crippen LogP contribution in [0.2, 0.25) is 0 Å². The van der Waals surface area contributed by atoms with E-state index in [1.165, 1.54) is 5.01 Å². The predicted molar refractivity (Wildman–Crippen MR) is 26.3 cm³/mol. The van der Waals surface area contributed by atoms with Crippen molar-refractivity contribution >= 4 is 0 Å². The van der Waals surface area contributed by atoms with Gasteiger partial charge in [-0.1, -0.05) is 0 Å². The van der Waals surface area contributed by atoms with Crippen LogP contribution < -0.4 is 16.9 Å². The highest BCUT2D eigenvalue weighted by Crippen LogP contribution is 1.88. The molecule has 4 nitrogen and oxygen atoms in total. The Bertz CT molecular complexity index is 88.9. The minimum absolute atomic E-state index is 0.236. The quantitative estimate of drug-likeness (QED) is 0.323. The number of hydrogen-bond acceptors (Lipinski definition) is 4. The highest BCUT2D eigenvalue weighted by atomic mass is 15.5. The van der Waals surface area contributed by atoms with Crippen LogP contribution in [0.4, 0.5) is 0 Å². The minimum Gasteiger partial charge on any atom is -0.357 e. The summed E-state index contributed by atoms with van der Waals surface area (Å²) in [4.78, 5) is 0. The smallest absolute Gasteiger partial charge is 0.165 e. The summed E-state index contributed by atoms with van der Waals surface area (Å²) in [5, 5.41) is 4.16. The van der Waals surface area contributed by atoms with Crippen molar-refractivity contribution in [1.29, 1.82) is 0 Å². The molecule has 0 aromatic carbocycles. The first-order valence-electron chi connectivity index (χ1n) is 2.02. The molecule has 0 aliphatic carbocycles. The van der Waals surface area contributed by atoms with Gasteiger partial charge in [-0.15, -0.1) is 0 Å². The zero-order chi connectivity index (χ0) is 5.28. The van der Waals surface area contributed by atoms with E-state index in [2.05, 4.69) is 5.32 Å². The number of rotatable bonds is 0. The van der Waals surface area contributed by atoms with Crippen molar-refractivity contribution in [3.05, 3.63) is 12.4 Å². The first-order valence-corrected chi connectivity index (χ1v) is 2.02. The molecule has 0 fully saturated rings. The Labute approximate surface area is 41.7 Å². The van der Waals surface area contributed by atoms with E-state index in [0.717, 1.165) is 0 Å². The van der Waals surface area contributed by atoms with Crippen LogP contribution in [0.5, 0.6) is 0 Å². The number of nitrogens with one attached hydrogen (secondary N) is 1.